The Hall–Kier alpha value is -3.94. The number of aliphatic hydroxyl groups is 1. The number of carbonyl (C=O) groups excluding carboxylic acids is 1. The molecule has 2 aromatic heterocycles. The van der Waals surface area contributed by atoms with Crippen LogP contribution in [0, 0.1) is 6.08 Å². The summed E-state index contributed by atoms with van der Waals surface area (Å²) in [5.74, 6) is -0.561. The van der Waals surface area contributed by atoms with Crippen molar-refractivity contribution < 1.29 is 37.4 Å². The summed E-state index contributed by atoms with van der Waals surface area (Å²) in [5.41, 5.74) is 5.42. The van der Waals surface area contributed by atoms with Gasteiger partial charge in [-0.2, -0.15) is 19.4 Å². The van der Waals surface area contributed by atoms with Crippen molar-refractivity contribution in [1.29, 1.82) is 0 Å². The number of hydrogen-bond acceptors (Lipinski definition) is 11. The van der Waals surface area contributed by atoms with Gasteiger partial charge in [0, 0.05) is 6.42 Å². The van der Waals surface area contributed by atoms with Crippen molar-refractivity contribution in [3.63, 3.8) is 0 Å². The van der Waals surface area contributed by atoms with E-state index in [0.717, 1.165) is 5.56 Å². The number of rotatable bonds is 12. The highest BCUT2D eigenvalue weighted by Crippen LogP contribution is 2.48. The topological polar surface area (TPSA) is 173 Å². The molecule has 5 rings (SSSR count). The Morgan fingerprint density at radius 1 is 1.20 bits per heavy atom. The minimum atomic E-state index is -4.33. The van der Waals surface area contributed by atoms with Crippen molar-refractivity contribution in [2.75, 3.05) is 12.3 Å². The zero-order chi connectivity index (χ0) is 31.5. The van der Waals surface area contributed by atoms with Crippen LogP contribution in [0.2, 0.25) is 0 Å². The number of nitrogens with zero attached hydrogens (tertiary/aromatic N) is 4. The van der Waals surface area contributed by atoms with Crippen LogP contribution < -0.4 is 15.3 Å². The summed E-state index contributed by atoms with van der Waals surface area (Å²) in [6.45, 7) is 4.57. The van der Waals surface area contributed by atoms with Crippen molar-refractivity contribution in [2.45, 2.75) is 63.7 Å². The standard InChI is InChI=1S/C29H34FN6O7P/c1-18(2)41-27(38)21(14-19-10-6-4-7-11-19)35-44(39,43-20-12-8-5-9-13-20)40-16-29(3)22(37)15-23(42-29)36-17-32-24-25(31)33-28(30)34-26(24)36/h4-13,17-18,21-23,37H,14-16H2,1-3H3,(H,35,39)(H2,31,33,34)/t21-,22-,23+,29+,44?/m0/s1. The Morgan fingerprint density at radius 2 is 1.89 bits per heavy atom. The van der Waals surface area contributed by atoms with E-state index in [-0.39, 0.29) is 35.6 Å². The molecular formula is C29H34FN6O7P. The number of carbonyl (C=O) groups is 1. The van der Waals surface area contributed by atoms with Crippen LogP contribution >= 0.6 is 7.75 Å². The monoisotopic (exact) mass is 628 g/mol. The number of ether oxygens (including phenoxy) is 2. The van der Waals surface area contributed by atoms with E-state index in [9.17, 15) is 18.9 Å². The minimum absolute atomic E-state index is 0.0471. The number of nitrogen functional groups attached to an aromatic ring is 1. The lowest BCUT2D eigenvalue weighted by Gasteiger charge is -2.31. The van der Waals surface area contributed by atoms with Gasteiger partial charge in [-0.1, -0.05) is 48.5 Å². The summed E-state index contributed by atoms with van der Waals surface area (Å²) < 4.78 is 53.1. The average molecular weight is 629 g/mol. The largest absolute Gasteiger partial charge is 0.462 e. The molecule has 0 saturated carbocycles. The molecule has 0 radical (unpaired) electrons. The van der Waals surface area contributed by atoms with Gasteiger partial charge in [0.25, 0.3) is 0 Å². The smallest absolute Gasteiger partial charge is 0.459 e. The van der Waals surface area contributed by atoms with Crippen LogP contribution in [0.1, 0.15) is 39.0 Å². The van der Waals surface area contributed by atoms with Crippen molar-refractivity contribution in [2.24, 2.45) is 0 Å². The highest BCUT2D eigenvalue weighted by Gasteiger charge is 2.48. The maximum atomic E-state index is 14.4. The van der Waals surface area contributed by atoms with Crippen molar-refractivity contribution in [3.8, 4) is 5.75 Å². The molecule has 4 aromatic rings. The number of halogens is 1. The first-order valence-electron chi connectivity index (χ1n) is 14.0. The molecular weight excluding hydrogens is 594 g/mol. The fraction of sp³-hybridized carbons (Fsp3) is 0.379. The molecule has 0 amide bonds. The Bertz CT molecular complexity index is 1640. The Labute approximate surface area is 253 Å². The van der Waals surface area contributed by atoms with Crippen LogP contribution in [-0.2, 0) is 29.8 Å². The third-order valence-electron chi connectivity index (χ3n) is 6.99. The van der Waals surface area contributed by atoms with Gasteiger partial charge in [-0.25, -0.2) is 9.55 Å². The highest BCUT2D eigenvalue weighted by atomic mass is 31.2. The van der Waals surface area contributed by atoms with Gasteiger partial charge in [-0.3, -0.25) is 13.9 Å². The number of benzene rings is 2. The number of hydrogen-bond donors (Lipinski definition) is 3. The quantitative estimate of drug-likeness (QED) is 0.117. The second-order valence-electron chi connectivity index (χ2n) is 10.9. The number of fused-ring (bicyclic) bond motifs is 1. The van der Waals surface area contributed by atoms with Gasteiger partial charge in [0.05, 0.1) is 25.1 Å². The molecule has 234 valence electrons. The molecule has 0 aliphatic carbocycles. The summed E-state index contributed by atoms with van der Waals surface area (Å²) in [4.78, 5) is 24.6. The number of nitrogens with one attached hydrogen (secondary N) is 1. The summed E-state index contributed by atoms with van der Waals surface area (Å²) in [6, 6.07) is 16.4. The van der Waals surface area contributed by atoms with Gasteiger partial charge in [0.2, 0.25) is 0 Å². The molecule has 1 unspecified atom stereocenters. The van der Waals surface area contributed by atoms with Gasteiger partial charge < -0.3 is 24.8 Å². The molecule has 2 aromatic carbocycles. The molecule has 13 nitrogen and oxygen atoms in total. The normalized spacial score (nSPS) is 22.1. The molecule has 0 bridgehead atoms. The molecule has 44 heavy (non-hydrogen) atoms. The zero-order valence-electron chi connectivity index (χ0n) is 24.4. The SMILES string of the molecule is CC(C)OC(=O)[C@H](Cc1ccccc1)NP(=O)(OC[C@@]1(C)O[C@@H](n2cnc3c(N)nc(F)nc32)C[C@@H]1O)Oc1ccccc1. The van der Waals surface area contributed by atoms with Crippen LogP contribution in [0.3, 0.4) is 0 Å². The molecule has 1 aliphatic heterocycles. The number of aromatic nitrogens is 4. The predicted molar refractivity (Wildman–Crippen MR) is 158 cm³/mol. The van der Waals surface area contributed by atoms with Crippen LogP contribution in [0.5, 0.6) is 5.75 Å². The molecule has 1 aliphatic rings. The number of para-hydroxylation sites is 1. The molecule has 0 spiro atoms. The van der Waals surface area contributed by atoms with Crippen LogP contribution in [0.4, 0.5) is 10.2 Å². The highest BCUT2D eigenvalue weighted by molar-refractivity contribution is 7.52. The molecule has 4 N–H and O–H groups in total. The van der Waals surface area contributed by atoms with E-state index in [4.69, 9.17) is 24.3 Å². The number of imidazole rings is 1. The summed E-state index contributed by atoms with van der Waals surface area (Å²) in [5, 5.41) is 13.8. The zero-order valence-corrected chi connectivity index (χ0v) is 25.3. The third-order valence-corrected chi connectivity index (χ3v) is 8.54. The van der Waals surface area contributed by atoms with E-state index in [1.807, 2.05) is 30.3 Å². The number of nitrogens with two attached hydrogens (primary N) is 1. The van der Waals surface area contributed by atoms with Gasteiger partial charge >= 0.3 is 19.8 Å². The van der Waals surface area contributed by atoms with Crippen molar-refractivity contribution in [3.05, 3.63) is 78.6 Å². The lowest BCUT2D eigenvalue weighted by molar-refractivity contribution is -0.149. The first-order valence-corrected chi connectivity index (χ1v) is 15.5. The molecule has 1 fully saturated rings. The lowest BCUT2D eigenvalue weighted by atomic mass is 10.0. The Morgan fingerprint density at radius 3 is 2.57 bits per heavy atom. The number of aliphatic hydroxyl groups excluding tert-OH is 1. The first-order chi connectivity index (χ1) is 20.9. The summed E-state index contributed by atoms with van der Waals surface area (Å²) in [6.07, 6.45) is -1.89. The number of anilines is 1. The maximum absolute atomic E-state index is 14.4. The van der Waals surface area contributed by atoms with E-state index in [0.29, 0.717) is 0 Å². The average Bonchev–Trinajstić information content (AvgIpc) is 3.53. The van der Waals surface area contributed by atoms with E-state index in [2.05, 4.69) is 20.0 Å². The van der Waals surface area contributed by atoms with Crippen LogP contribution in [-0.4, -0.2) is 61.1 Å². The van der Waals surface area contributed by atoms with E-state index >= 15 is 0 Å². The van der Waals surface area contributed by atoms with Crippen LogP contribution in [0.25, 0.3) is 11.2 Å². The Kier molecular flexibility index (Phi) is 9.28. The Balaban J connectivity index is 1.39. The lowest BCUT2D eigenvalue weighted by Crippen LogP contribution is -2.43. The minimum Gasteiger partial charge on any atom is -0.462 e. The third kappa shape index (κ3) is 7.22. The van der Waals surface area contributed by atoms with Gasteiger partial charge in [-0.05, 0) is 44.9 Å². The van der Waals surface area contributed by atoms with Gasteiger partial charge in [0.1, 0.15) is 23.6 Å². The summed E-state index contributed by atoms with van der Waals surface area (Å²) >= 11 is 0. The van der Waals surface area contributed by atoms with Crippen molar-refractivity contribution in [1.82, 2.24) is 24.6 Å². The fourth-order valence-corrected chi connectivity index (χ4v) is 6.34. The second-order valence-corrected chi connectivity index (χ2v) is 12.6. The first kappa shape index (κ1) is 31.5. The van der Waals surface area contributed by atoms with Gasteiger partial charge in [-0.15, -0.1) is 0 Å². The van der Waals surface area contributed by atoms with Crippen molar-refractivity contribution >= 4 is 30.7 Å². The molecule has 15 heteroatoms. The van der Waals surface area contributed by atoms with E-state index in [1.165, 1.54) is 10.9 Å². The second kappa shape index (κ2) is 13.0. The molecule has 1 saturated heterocycles. The van der Waals surface area contributed by atoms with Crippen LogP contribution in [0.15, 0.2) is 67.0 Å². The van der Waals surface area contributed by atoms with E-state index < -0.39 is 56.5 Å². The maximum Gasteiger partial charge on any atom is 0.459 e. The summed E-state index contributed by atoms with van der Waals surface area (Å²) in [7, 11) is -4.33. The molecule has 5 atom stereocenters. The van der Waals surface area contributed by atoms with Gasteiger partial charge in [0.15, 0.2) is 17.0 Å². The number of esters is 1. The molecule has 3 heterocycles. The van der Waals surface area contributed by atoms with E-state index in [1.54, 1.807) is 51.1 Å². The fourth-order valence-electron chi connectivity index (χ4n) is 4.76. The predicted octanol–water partition coefficient (Wildman–Crippen LogP) is 3.94.